The molecule has 3 rings (SSSR count). The molecule has 1 aliphatic rings. The molecule has 3 heterocycles. The number of imidazole rings is 1. The van der Waals surface area contributed by atoms with E-state index in [0.29, 0.717) is 18.1 Å². The number of hydrogen-bond donors (Lipinski definition) is 1. The van der Waals surface area contributed by atoms with Crippen LogP contribution >= 0.6 is 11.3 Å². The topological polar surface area (TPSA) is 75.9 Å². The first-order valence-electron chi connectivity index (χ1n) is 6.23. The van der Waals surface area contributed by atoms with Gasteiger partial charge in [-0.3, -0.25) is 9.20 Å². The first kappa shape index (κ1) is 12.9. The lowest BCUT2D eigenvalue weighted by Gasteiger charge is -2.16. The van der Waals surface area contributed by atoms with Gasteiger partial charge in [0.1, 0.15) is 5.69 Å². The van der Waals surface area contributed by atoms with E-state index in [1.165, 1.54) is 18.4 Å². The van der Waals surface area contributed by atoms with Crippen molar-refractivity contribution in [2.75, 3.05) is 25.1 Å². The molecule has 1 fully saturated rings. The molecule has 0 saturated carbocycles. The molecule has 106 valence electrons. The summed E-state index contributed by atoms with van der Waals surface area (Å²) >= 11 is 1.49. The first-order valence-corrected chi connectivity index (χ1v) is 7.11. The summed E-state index contributed by atoms with van der Waals surface area (Å²) in [6.07, 6.45) is 3.03. The van der Waals surface area contributed by atoms with Gasteiger partial charge in [0.25, 0.3) is 0 Å². The molecular weight excluding hydrogens is 280 g/mol. The number of carbonyl (C=O) groups is 2. The third kappa shape index (κ3) is 2.11. The molecule has 1 amide bonds. The van der Waals surface area contributed by atoms with E-state index in [1.807, 2.05) is 16.5 Å². The normalized spacial score (nSPS) is 18.4. The lowest BCUT2D eigenvalue weighted by atomic mass is 10.3. The van der Waals surface area contributed by atoms with Crippen LogP contribution in [-0.2, 0) is 4.74 Å². The lowest BCUT2D eigenvalue weighted by molar-refractivity contribution is 0.111. The molecule has 7 nitrogen and oxygen atoms in total. The van der Waals surface area contributed by atoms with Crippen LogP contribution in [0.15, 0.2) is 11.6 Å². The van der Waals surface area contributed by atoms with E-state index < -0.39 is 6.09 Å². The highest BCUT2D eigenvalue weighted by Gasteiger charge is 2.28. The zero-order valence-corrected chi connectivity index (χ0v) is 11.7. The van der Waals surface area contributed by atoms with Crippen molar-refractivity contribution < 1.29 is 14.3 Å². The van der Waals surface area contributed by atoms with E-state index in [1.54, 1.807) is 4.40 Å². The van der Waals surface area contributed by atoms with Gasteiger partial charge in [0, 0.05) is 24.7 Å². The Morgan fingerprint density at radius 2 is 2.50 bits per heavy atom. The van der Waals surface area contributed by atoms with Crippen LogP contribution in [0, 0.1) is 0 Å². The third-order valence-electron chi connectivity index (χ3n) is 3.39. The smallest absolute Gasteiger partial charge is 0.407 e. The maximum atomic E-state index is 11.3. The predicted molar refractivity (Wildman–Crippen MR) is 74.6 cm³/mol. The minimum Gasteiger partial charge on any atom is -0.453 e. The maximum Gasteiger partial charge on any atom is 0.407 e. The minimum absolute atomic E-state index is 0.0155. The van der Waals surface area contributed by atoms with E-state index in [0.717, 1.165) is 24.2 Å². The molecule has 1 unspecified atom stereocenters. The van der Waals surface area contributed by atoms with Gasteiger partial charge in [0.2, 0.25) is 0 Å². The monoisotopic (exact) mass is 294 g/mol. The van der Waals surface area contributed by atoms with Crippen LogP contribution in [0.5, 0.6) is 0 Å². The average Bonchev–Trinajstić information content (AvgIpc) is 3.11. The largest absolute Gasteiger partial charge is 0.453 e. The van der Waals surface area contributed by atoms with Gasteiger partial charge < -0.3 is 15.0 Å². The van der Waals surface area contributed by atoms with Crippen molar-refractivity contribution in [2.45, 2.75) is 12.5 Å². The molecule has 0 bridgehead atoms. The van der Waals surface area contributed by atoms with Crippen LogP contribution in [0.2, 0.25) is 0 Å². The molecule has 0 spiro atoms. The Balaban J connectivity index is 1.80. The number of methoxy groups -OCH3 is 1. The van der Waals surface area contributed by atoms with Gasteiger partial charge in [-0.1, -0.05) is 0 Å². The van der Waals surface area contributed by atoms with Crippen molar-refractivity contribution in [3.05, 3.63) is 17.3 Å². The number of aldehydes is 1. The molecule has 1 N–H and O–H groups in total. The summed E-state index contributed by atoms with van der Waals surface area (Å²) in [7, 11) is 1.34. The molecule has 0 aliphatic carbocycles. The van der Waals surface area contributed by atoms with Crippen molar-refractivity contribution in [2.24, 2.45) is 0 Å². The Hall–Kier alpha value is -2.09. The quantitative estimate of drug-likeness (QED) is 0.859. The van der Waals surface area contributed by atoms with Crippen LogP contribution < -0.4 is 10.2 Å². The summed E-state index contributed by atoms with van der Waals surface area (Å²) < 4.78 is 6.38. The van der Waals surface area contributed by atoms with Crippen LogP contribution in [0.25, 0.3) is 4.96 Å². The summed E-state index contributed by atoms with van der Waals surface area (Å²) in [5.41, 5.74) is 0.556. The Bertz CT molecular complexity index is 650. The lowest BCUT2D eigenvalue weighted by Crippen LogP contribution is -2.37. The van der Waals surface area contributed by atoms with Crippen molar-refractivity contribution in [1.82, 2.24) is 14.7 Å². The highest BCUT2D eigenvalue weighted by Crippen LogP contribution is 2.26. The SMILES string of the molecule is COC(=O)NC1CCN(c2nc3sccn3c2C=O)C1. The number of aromatic nitrogens is 2. The van der Waals surface area contributed by atoms with Crippen LogP contribution in [-0.4, -0.2) is 48.0 Å². The fourth-order valence-electron chi connectivity index (χ4n) is 2.43. The number of rotatable bonds is 3. The first-order chi connectivity index (χ1) is 9.72. The molecule has 1 aliphatic heterocycles. The summed E-state index contributed by atoms with van der Waals surface area (Å²) in [5, 5.41) is 4.66. The minimum atomic E-state index is -0.432. The Morgan fingerprint density at radius 3 is 3.25 bits per heavy atom. The zero-order valence-electron chi connectivity index (χ0n) is 10.9. The molecule has 0 aromatic carbocycles. The number of nitrogens with one attached hydrogen (secondary N) is 1. The number of fused-ring (bicyclic) bond motifs is 1. The fourth-order valence-corrected chi connectivity index (χ4v) is 3.15. The summed E-state index contributed by atoms with van der Waals surface area (Å²) in [5.74, 6) is 0.681. The number of amides is 1. The van der Waals surface area contributed by atoms with Gasteiger partial charge in [-0.25, -0.2) is 9.78 Å². The second-order valence-electron chi connectivity index (χ2n) is 4.56. The number of ether oxygens (including phenoxy) is 1. The molecule has 0 radical (unpaired) electrons. The van der Waals surface area contributed by atoms with E-state index in [9.17, 15) is 9.59 Å². The molecule has 2 aromatic rings. The van der Waals surface area contributed by atoms with Gasteiger partial charge in [-0.15, -0.1) is 11.3 Å². The molecule has 20 heavy (non-hydrogen) atoms. The predicted octanol–water partition coefficient (Wildman–Crippen LogP) is 1.14. The molecule has 8 heteroatoms. The van der Waals surface area contributed by atoms with E-state index in [4.69, 9.17) is 0 Å². The molecule has 1 saturated heterocycles. The second-order valence-corrected chi connectivity index (χ2v) is 5.43. The van der Waals surface area contributed by atoms with E-state index in [2.05, 4.69) is 15.0 Å². The molecule has 1 atom stereocenters. The van der Waals surface area contributed by atoms with Gasteiger partial charge >= 0.3 is 6.09 Å². The van der Waals surface area contributed by atoms with E-state index >= 15 is 0 Å². The fraction of sp³-hybridized carbons (Fsp3) is 0.417. The third-order valence-corrected chi connectivity index (χ3v) is 4.14. The summed E-state index contributed by atoms with van der Waals surface area (Å²) in [4.78, 5) is 29.8. The number of carbonyl (C=O) groups excluding carboxylic acids is 2. The standard InChI is InChI=1S/C12H14N4O3S/c1-19-12(18)13-8-2-3-15(6-8)10-9(7-17)16-4-5-20-11(16)14-10/h4-5,7-8H,2-3,6H2,1H3,(H,13,18). The Morgan fingerprint density at radius 1 is 1.65 bits per heavy atom. The van der Waals surface area contributed by atoms with E-state index in [-0.39, 0.29) is 6.04 Å². The summed E-state index contributed by atoms with van der Waals surface area (Å²) in [6, 6.07) is 0.0155. The highest BCUT2D eigenvalue weighted by atomic mass is 32.1. The van der Waals surface area contributed by atoms with Crippen molar-refractivity contribution in [3.63, 3.8) is 0 Å². The van der Waals surface area contributed by atoms with Crippen molar-refractivity contribution in [3.8, 4) is 0 Å². The van der Waals surface area contributed by atoms with Crippen LogP contribution in [0.1, 0.15) is 16.9 Å². The Labute approximate surface area is 119 Å². The van der Waals surface area contributed by atoms with Gasteiger partial charge in [-0.05, 0) is 6.42 Å². The molecule has 2 aromatic heterocycles. The van der Waals surface area contributed by atoms with Gasteiger partial charge in [-0.2, -0.15) is 0 Å². The number of thiazole rings is 1. The number of nitrogens with zero attached hydrogens (tertiary/aromatic N) is 3. The second kappa shape index (κ2) is 5.12. The van der Waals surface area contributed by atoms with Crippen molar-refractivity contribution >= 4 is 34.5 Å². The van der Waals surface area contributed by atoms with Crippen LogP contribution in [0.4, 0.5) is 10.6 Å². The summed E-state index contributed by atoms with van der Waals surface area (Å²) in [6.45, 7) is 1.38. The van der Waals surface area contributed by atoms with Gasteiger partial charge in [0.05, 0.1) is 13.2 Å². The highest BCUT2D eigenvalue weighted by molar-refractivity contribution is 7.15. The van der Waals surface area contributed by atoms with Gasteiger partial charge in [0.15, 0.2) is 17.1 Å². The number of hydrogen-bond acceptors (Lipinski definition) is 6. The average molecular weight is 294 g/mol. The number of alkyl carbamates (subject to hydrolysis) is 1. The van der Waals surface area contributed by atoms with Crippen molar-refractivity contribution in [1.29, 1.82) is 0 Å². The number of anilines is 1. The Kier molecular flexibility index (Phi) is 3.31. The van der Waals surface area contributed by atoms with Crippen LogP contribution in [0.3, 0.4) is 0 Å². The maximum absolute atomic E-state index is 11.3. The zero-order chi connectivity index (χ0) is 14.1. The molecular formula is C12H14N4O3S.